The number of carbonyl (C=O) groups excluding carboxylic acids is 2. The van der Waals surface area contributed by atoms with Crippen LogP contribution < -0.4 is 15.6 Å². The van der Waals surface area contributed by atoms with Gasteiger partial charge in [0.25, 0.3) is 17.5 Å². The number of pyridine rings is 1. The number of imidazole rings is 1. The van der Waals surface area contributed by atoms with Gasteiger partial charge in [0.05, 0.1) is 0 Å². The second kappa shape index (κ2) is 9.44. The topological polar surface area (TPSA) is 156 Å². The number of halogens is 1. The van der Waals surface area contributed by atoms with Crippen molar-refractivity contribution in [2.24, 2.45) is 5.16 Å². The molecule has 2 atom stereocenters. The molecule has 2 aliphatic rings. The number of amides is 2. The molecule has 0 bridgehead atoms. The fraction of sp³-hybridized carbons (Fsp3) is 0.238. The van der Waals surface area contributed by atoms with E-state index in [9.17, 15) is 19.5 Å². The van der Waals surface area contributed by atoms with E-state index in [1.807, 2.05) is 10.6 Å². The Labute approximate surface area is 217 Å². The molecule has 186 valence electrons. The highest BCUT2D eigenvalue weighted by Gasteiger charge is 2.54. The van der Waals surface area contributed by atoms with Gasteiger partial charge in [-0.25, -0.2) is 14.3 Å². The average molecular weight is 549 g/mol. The number of thiazole rings is 1. The molecule has 0 saturated carbocycles. The summed E-state index contributed by atoms with van der Waals surface area (Å²) in [5.74, 6) is -2.07. The van der Waals surface area contributed by atoms with Crippen molar-refractivity contribution in [1.82, 2.24) is 19.6 Å². The molecule has 3 aromatic heterocycles. The molecule has 4 N–H and O–H groups in total. The van der Waals surface area contributed by atoms with Gasteiger partial charge in [-0.3, -0.25) is 14.5 Å². The summed E-state index contributed by atoms with van der Waals surface area (Å²) in [6, 6.07) is 4.49. The molecule has 5 rings (SSSR count). The van der Waals surface area contributed by atoms with Crippen LogP contribution in [0.5, 0.6) is 0 Å². The number of aromatic nitrogens is 3. The molecule has 2 amide bonds. The number of aliphatic carboxylic acids is 1. The first-order valence-corrected chi connectivity index (χ1v) is 12.8. The Morgan fingerprint density at radius 2 is 2.25 bits per heavy atom. The number of carbonyl (C=O) groups is 3. The lowest BCUT2D eigenvalue weighted by atomic mass is 10.0. The van der Waals surface area contributed by atoms with Crippen molar-refractivity contribution >= 4 is 69.0 Å². The molecule has 0 aromatic carbocycles. The second-order valence-electron chi connectivity index (χ2n) is 7.81. The minimum Gasteiger partial charge on any atom is -0.477 e. The van der Waals surface area contributed by atoms with E-state index in [-0.39, 0.29) is 28.8 Å². The van der Waals surface area contributed by atoms with Crippen molar-refractivity contribution in [1.29, 1.82) is 0 Å². The van der Waals surface area contributed by atoms with Crippen molar-refractivity contribution in [3.8, 4) is 0 Å². The predicted molar refractivity (Wildman–Crippen MR) is 132 cm³/mol. The van der Waals surface area contributed by atoms with Crippen molar-refractivity contribution < 1.29 is 28.9 Å². The van der Waals surface area contributed by atoms with E-state index in [2.05, 4.69) is 15.5 Å². The first-order chi connectivity index (χ1) is 17.3. The smallest absolute Gasteiger partial charge is 0.352 e. The SMILES string of the molecule is CO/N=C(\C(=O)N[C@@H]1C(=O)N2C(C(=O)O)=C(C[n+]3ccn4c(Cl)cccc43)CS[C@H]12)c1csc(N)n1. The summed E-state index contributed by atoms with van der Waals surface area (Å²) in [6.07, 6.45) is 3.58. The number of rotatable bonds is 7. The van der Waals surface area contributed by atoms with Crippen LogP contribution in [0.4, 0.5) is 5.13 Å². The Kier molecular flexibility index (Phi) is 6.32. The first kappa shape index (κ1) is 24.1. The monoisotopic (exact) mass is 548 g/mol. The van der Waals surface area contributed by atoms with Crippen LogP contribution in [0.1, 0.15) is 5.69 Å². The quantitative estimate of drug-likeness (QED) is 0.128. The maximum absolute atomic E-state index is 13.0. The van der Waals surface area contributed by atoms with Gasteiger partial charge in [0.1, 0.15) is 48.9 Å². The van der Waals surface area contributed by atoms with E-state index in [1.54, 1.807) is 34.3 Å². The van der Waals surface area contributed by atoms with Crippen LogP contribution in [0, 0.1) is 0 Å². The maximum Gasteiger partial charge on any atom is 0.352 e. The third-order valence-corrected chi connectivity index (χ3v) is 8.03. The lowest BCUT2D eigenvalue weighted by Crippen LogP contribution is -2.71. The predicted octanol–water partition coefficient (Wildman–Crippen LogP) is 0.708. The average Bonchev–Trinajstić information content (AvgIpc) is 3.47. The minimum absolute atomic E-state index is 0.0822. The fourth-order valence-corrected chi connectivity index (χ4v) is 6.23. The number of nitrogen functional groups attached to an aromatic ring is 1. The van der Waals surface area contributed by atoms with E-state index < -0.39 is 29.2 Å². The zero-order valence-electron chi connectivity index (χ0n) is 18.6. The number of nitrogens with zero attached hydrogens (tertiary/aromatic N) is 5. The summed E-state index contributed by atoms with van der Waals surface area (Å²) in [4.78, 5) is 48.2. The zero-order chi connectivity index (χ0) is 25.6. The van der Waals surface area contributed by atoms with Gasteiger partial charge in [-0.15, -0.1) is 23.1 Å². The molecule has 12 nitrogen and oxygen atoms in total. The van der Waals surface area contributed by atoms with Crippen molar-refractivity contribution in [3.05, 3.63) is 58.1 Å². The number of fused-ring (bicyclic) bond motifs is 2. The highest BCUT2D eigenvalue weighted by atomic mass is 35.5. The lowest BCUT2D eigenvalue weighted by molar-refractivity contribution is -0.662. The normalized spacial score (nSPS) is 19.8. The molecule has 0 aliphatic carbocycles. The van der Waals surface area contributed by atoms with E-state index >= 15 is 0 Å². The molecule has 0 spiro atoms. The number of carboxylic acid groups (broad SMARTS) is 1. The van der Waals surface area contributed by atoms with Crippen LogP contribution in [0.25, 0.3) is 5.65 Å². The largest absolute Gasteiger partial charge is 0.477 e. The molecule has 0 radical (unpaired) electrons. The molecular weight excluding hydrogens is 530 g/mol. The molecule has 1 saturated heterocycles. The highest BCUT2D eigenvalue weighted by molar-refractivity contribution is 8.00. The number of hydrogen-bond donors (Lipinski definition) is 3. The van der Waals surface area contributed by atoms with Crippen LogP contribution in [-0.2, 0) is 25.8 Å². The van der Waals surface area contributed by atoms with Crippen LogP contribution >= 0.6 is 34.7 Å². The van der Waals surface area contributed by atoms with Gasteiger partial charge in [0.15, 0.2) is 16.0 Å². The van der Waals surface area contributed by atoms with Gasteiger partial charge in [0.2, 0.25) is 0 Å². The standard InChI is InChI=1S/C21H18ClN7O5S2/c1-34-26-14(11-9-36-21(23)24-11)17(30)25-15-18(31)29-16(20(32)33)10(8-35-19(15)29)7-27-5-6-28-12(22)3-2-4-13(27)28/h2-6,9,15,19H,7-8H2,1H3,(H3-,23,24,25,30,32,33)/p+1/b26-14-/t15-,19-/m1/s1. The Morgan fingerprint density at radius 3 is 2.94 bits per heavy atom. The number of carboxylic acids is 1. The number of oxime groups is 1. The minimum atomic E-state index is -1.21. The van der Waals surface area contributed by atoms with E-state index in [4.69, 9.17) is 22.2 Å². The van der Waals surface area contributed by atoms with Gasteiger partial charge in [-0.1, -0.05) is 5.16 Å². The number of nitrogens with one attached hydrogen (secondary N) is 1. The number of thioether (sulfide) groups is 1. The molecule has 0 unspecified atom stereocenters. The molecular formula is C21H19ClN7O5S2+. The third kappa shape index (κ3) is 4.06. The number of β-lactam (4-membered cyclic amide) rings is 1. The van der Waals surface area contributed by atoms with Crippen molar-refractivity contribution in [2.75, 3.05) is 18.6 Å². The summed E-state index contributed by atoms with van der Waals surface area (Å²) >= 11 is 8.73. The molecule has 2 aliphatic heterocycles. The number of hydrogen-bond acceptors (Lipinski definition) is 9. The molecule has 3 aromatic rings. The van der Waals surface area contributed by atoms with Crippen molar-refractivity contribution in [2.45, 2.75) is 18.0 Å². The van der Waals surface area contributed by atoms with Crippen molar-refractivity contribution in [3.63, 3.8) is 0 Å². The molecule has 36 heavy (non-hydrogen) atoms. The Bertz CT molecular complexity index is 1470. The number of nitrogens with two attached hydrogens (primary N) is 1. The van der Waals surface area contributed by atoms with Crippen LogP contribution in [-0.4, -0.2) is 67.2 Å². The van der Waals surface area contributed by atoms with Crippen LogP contribution in [0.15, 0.2) is 52.4 Å². The van der Waals surface area contributed by atoms with Gasteiger partial charge >= 0.3 is 5.97 Å². The first-order valence-electron chi connectivity index (χ1n) is 10.5. The van der Waals surface area contributed by atoms with Gasteiger partial charge in [-0.05, 0) is 23.7 Å². The highest BCUT2D eigenvalue weighted by Crippen LogP contribution is 2.40. The zero-order valence-corrected chi connectivity index (χ0v) is 21.0. The third-order valence-electron chi connectivity index (χ3n) is 5.71. The Balaban J connectivity index is 1.38. The fourth-order valence-electron chi connectivity index (χ4n) is 4.13. The lowest BCUT2D eigenvalue weighted by Gasteiger charge is -2.49. The van der Waals surface area contributed by atoms with Gasteiger partial charge in [-0.2, -0.15) is 4.40 Å². The molecule has 5 heterocycles. The van der Waals surface area contributed by atoms with Crippen LogP contribution in [0.3, 0.4) is 0 Å². The molecule has 15 heteroatoms. The van der Waals surface area contributed by atoms with Crippen LogP contribution in [0.2, 0.25) is 5.15 Å². The summed E-state index contributed by atoms with van der Waals surface area (Å²) in [5, 5.41) is 18.1. The summed E-state index contributed by atoms with van der Waals surface area (Å²) in [5.41, 5.74) is 6.99. The van der Waals surface area contributed by atoms with E-state index in [0.717, 1.165) is 17.0 Å². The Hall–Kier alpha value is -3.62. The second-order valence-corrected chi connectivity index (χ2v) is 10.2. The molecule has 1 fully saturated rings. The van der Waals surface area contributed by atoms with Gasteiger partial charge < -0.3 is 21.0 Å². The van der Waals surface area contributed by atoms with E-state index in [0.29, 0.717) is 16.5 Å². The van der Waals surface area contributed by atoms with E-state index in [1.165, 1.54) is 23.8 Å². The summed E-state index contributed by atoms with van der Waals surface area (Å²) < 4.78 is 3.64. The van der Waals surface area contributed by atoms with Gasteiger partial charge in [0, 0.05) is 22.8 Å². The maximum atomic E-state index is 13.0. The summed E-state index contributed by atoms with van der Waals surface area (Å²) in [6.45, 7) is 0.259. The number of anilines is 1. The Morgan fingerprint density at radius 1 is 1.44 bits per heavy atom. The summed E-state index contributed by atoms with van der Waals surface area (Å²) in [7, 11) is 1.28.